The number of fused-ring (bicyclic) bond motifs is 2. The first-order chi connectivity index (χ1) is 16.4. The average Bonchev–Trinajstić information content (AvgIpc) is 3.23. The Hall–Kier alpha value is -3.65. The van der Waals surface area contributed by atoms with Gasteiger partial charge in [-0.2, -0.15) is 0 Å². The maximum atomic E-state index is 12.9. The molecule has 0 atom stereocenters. The first kappa shape index (κ1) is 22.2. The Morgan fingerprint density at radius 3 is 2.62 bits per heavy atom. The Bertz CT molecular complexity index is 1600. The molecule has 0 saturated heterocycles. The van der Waals surface area contributed by atoms with Gasteiger partial charge in [0, 0.05) is 26.7 Å². The number of halogens is 2. The number of amides is 1. The summed E-state index contributed by atoms with van der Waals surface area (Å²) in [6.07, 6.45) is 0. The van der Waals surface area contributed by atoms with Crippen molar-refractivity contribution < 1.29 is 14.3 Å². The normalized spacial score (nSPS) is 11.0. The van der Waals surface area contributed by atoms with Crippen molar-refractivity contribution in [3.8, 4) is 17.2 Å². The van der Waals surface area contributed by atoms with Gasteiger partial charge in [0.2, 0.25) is 5.89 Å². The third-order valence-electron chi connectivity index (χ3n) is 5.18. The number of benzene rings is 4. The lowest BCUT2D eigenvalue weighted by molar-refractivity contribution is 0.0979. The Morgan fingerprint density at radius 2 is 1.76 bits per heavy atom. The van der Waals surface area contributed by atoms with Gasteiger partial charge >= 0.3 is 0 Å². The van der Waals surface area contributed by atoms with Crippen LogP contribution in [0.1, 0.15) is 10.4 Å². The van der Waals surface area contributed by atoms with E-state index in [1.807, 2.05) is 12.1 Å². The van der Waals surface area contributed by atoms with Crippen LogP contribution in [0.5, 0.6) is 5.75 Å². The Balaban J connectivity index is 1.37. The first-order valence-electron chi connectivity index (χ1n) is 10.1. The fraction of sp³-hybridized carbons (Fsp3) is 0. The molecule has 0 aliphatic carbocycles. The van der Waals surface area contributed by atoms with Gasteiger partial charge in [-0.1, -0.05) is 47.5 Å². The van der Waals surface area contributed by atoms with Crippen LogP contribution in [0.3, 0.4) is 0 Å². The zero-order valence-corrected chi connectivity index (χ0v) is 19.6. The monoisotopic (exact) mass is 507 g/mol. The number of carbonyl (C=O) groups is 1. The smallest absolute Gasteiger partial charge is 0.258 e. The number of aromatic hydroxyl groups is 1. The number of carbonyl (C=O) groups excluding carboxylic acids is 1. The maximum Gasteiger partial charge on any atom is 0.258 e. The molecule has 5 rings (SSSR count). The van der Waals surface area contributed by atoms with Crippen molar-refractivity contribution >= 4 is 74.0 Å². The minimum Gasteiger partial charge on any atom is -0.507 e. The predicted molar refractivity (Wildman–Crippen MR) is 139 cm³/mol. The van der Waals surface area contributed by atoms with Gasteiger partial charge in [0.25, 0.3) is 5.91 Å². The minimum atomic E-state index is -0.375. The molecule has 0 fully saturated rings. The average molecular weight is 508 g/mol. The van der Waals surface area contributed by atoms with E-state index in [0.717, 1.165) is 10.8 Å². The molecule has 3 N–H and O–H groups in total. The van der Waals surface area contributed by atoms with E-state index in [2.05, 4.69) is 15.6 Å². The van der Waals surface area contributed by atoms with Crippen molar-refractivity contribution in [3.63, 3.8) is 0 Å². The van der Waals surface area contributed by atoms with Gasteiger partial charge in [-0.3, -0.25) is 10.1 Å². The summed E-state index contributed by atoms with van der Waals surface area (Å²) in [5.74, 6) is -0.174. The molecule has 168 valence electrons. The van der Waals surface area contributed by atoms with Crippen LogP contribution in [0, 0.1) is 0 Å². The number of oxazole rings is 1. The molecule has 0 bridgehead atoms. The molecule has 5 aromatic rings. The van der Waals surface area contributed by atoms with Crippen LogP contribution in [0.2, 0.25) is 10.0 Å². The fourth-order valence-electron chi connectivity index (χ4n) is 3.60. The van der Waals surface area contributed by atoms with Gasteiger partial charge in [-0.05, 0) is 66.1 Å². The van der Waals surface area contributed by atoms with Gasteiger partial charge < -0.3 is 14.8 Å². The molecule has 0 aliphatic rings. The quantitative estimate of drug-likeness (QED) is 0.184. The summed E-state index contributed by atoms with van der Waals surface area (Å²) >= 11 is 17.6. The fourth-order valence-corrected chi connectivity index (χ4v) is 4.22. The van der Waals surface area contributed by atoms with Crippen molar-refractivity contribution in [3.05, 3.63) is 88.4 Å². The van der Waals surface area contributed by atoms with Crippen LogP contribution >= 0.6 is 35.4 Å². The van der Waals surface area contributed by atoms with Crippen molar-refractivity contribution in [1.82, 2.24) is 10.3 Å². The molecule has 9 heteroatoms. The van der Waals surface area contributed by atoms with E-state index >= 15 is 0 Å². The minimum absolute atomic E-state index is 0.0224. The number of thiocarbonyl (C=S) groups is 1. The second-order valence-electron chi connectivity index (χ2n) is 7.41. The number of phenols is 1. The Labute approximate surface area is 209 Å². The molecular weight excluding hydrogens is 493 g/mol. The molecule has 0 aliphatic heterocycles. The number of aromatic nitrogens is 1. The summed E-state index contributed by atoms with van der Waals surface area (Å²) in [5.41, 5.74) is 2.43. The van der Waals surface area contributed by atoms with Gasteiger partial charge in [0.05, 0.1) is 5.56 Å². The second kappa shape index (κ2) is 8.95. The van der Waals surface area contributed by atoms with Gasteiger partial charge in [0.1, 0.15) is 11.3 Å². The second-order valence-corrected chi connectivity index (χ2v) is 8.66. The van der Waals surface area contributed by atoms with Gasteiger partial charge in [-0.25, -0.2) is 4.98 Å². The van der Waals surface area contributed by atoms with Crippen LogP contribution in [0.15, 0.2) is 77.2 Å². The molecule has 6 nitrogen and oxygen atoms in total. The number of anilines is 1. The van der Waals surface area contributed by atoms with Crippen LogP contribution < -0.4 is 10.6 Å². The molecular formula is C25H15Cl2N3O3S. The highest BCUT2D eigenvalue weighted by Gasteiger charge is 2.16. The third kappa shape index (κ3) is 4.28. The summed E-state index contributed by atoms with van der Waals surface area (Å²) in [5, 5.41) is 18.7. The van der Waals surface area contributed by atoms with E-state index in [4.69, 9.17) is 39.8 Å². The topological polar surface area (TPSA) is 87.4 Å². The van der Waals surface area contributed by atoms with E-state index in [1.54, 1.807) is 54.6 Å². The van der Waals surface area contributed by atoms with Crippen LogP contribution in [0.25, 0.3) is 33.3 Å². The molecule has 0 unspecified atom stereocenters. The number of hydrogen-bond donors (Lipinski definition) is 3. The van der Waals surface area contributed by atoms with Crippen molar-refractivity contribution in [2.75, 3.05) is 5.32 Å². The molecule has 4 aromatic carbocycles. The molecule has 1 aromatic heterocycles. The molecule has 0 radical (unpaired) electrons. The highest BCUT2D eigenvalue weighted by Crippen LogP contribution is 2.34. The summed E-state index contributed by atoms with van der Waals surface area (Å²) < 4.78 is 5.75. The number of nitrogens with zero attached hydrogens (tertiary/aromatic N) is 1. The Morgan fingerprint density at radius 1 is 0.971 bits per heavy atom. The maximum absolute atomic E-state index is 12.9. The van der Waals surface area contributed by atoms with E-state index in [-0.39, 0.29) is 22.7 Å². The first-order valence-corrected chi connectivity index (χ1v) is 11.2. The molecule has 34 heavy (non-hydrogen) atoms. The van der Waals surface area contributed by atoms with Crippen molar-refractivity contribution in [2.45, 2.75) is 0 Å². The van der Waals surface area contributed by atoms with Gasteiger partial charge in [0.15, 0.2) is 10.7 Å². The van der Waals surface area contributed by atoms with E-state index in [9.17, 15) is 9.90 Å². The molecule has 0 saturated carbocycles. The van der Waals surface area contributed by atoms with Crippen LogP contribution in [-0.4, -0.2) is 21.1 Å². The third-order valence-corrected chi connectivity index (χ3v) is 5.94. The zero-order chi connectivity index (χ0) is 23.8. The van der Waals surface area contributed by atoms with Crippen LogP contribution in [-0.2, 0) is 0 Å². The lowest BCUT2D eigenvalue weighted by Gasteiger charge is -2.12. The lowest BCUT2D eigenvalue weighted by atomic mass is 10.0. The zero-order valence-electron chi connectivity index (χ0n) is 17.3. The largest absolute Gasteiger partial charge is 0.507 e. The predicted octanol–water partition coefficient (Wildman–Crippen LogP) is 6.79. The SMILES string of the molecule is O=C(NC(=S)Nc1ccc(O)c(-c2nc3cc(Cl)ccc3o2)c1)c1cccc2c(Cl)cccc12. The summed E-state index contributed by atoms with van der Waals surface area (Å²) in [6.45, 7) is 0. The standard InChI is InChI=1S/C25H15Cl2N3O3S/c26-13-7-10-22-20(11-13)29-24(33-22)18-12-14(8-9-21(18)31)28-25(34)30-23(32)17-5-1-4-16-15(17)3-2-6-19(16)27/h1-12,31H,(H2,28,30,32,34). The van der Waals surface area contributed by atoms with Crippen molar-refractivity contribution in [1.29, 1.82) is 0 Å². The summed E-state index contributed by atoms with van der Waals surface area (Å²) in [7, 11) is 0. The highest BCUT2D eigenvalue weighted by atomic mass is 35.5. The van der Waals surface area contributed by atoms with Crippen molar-refractivity contribution in [2.24, 2.45) is 0 Å². The lowest BCUT2D eigenvalue weighted by Crippen LogP contribution is -2.34. The Kier molecular flexibility index (Phi) is 5.83. The molecule has 1 heterocycles. The van der Waals surface area contributed by atoms with Crippen LogP contribution in [0.4, 0.5) is 5.69 Å². The number of hydrogen-bond acceptors (Lipinski definition) is 5. The van der Waals surface area contributed by atoms with E-state index in [1.165, 1.54) is 6.07 Å². The number of rotatable bonds is 3. The van der Waals surface area contributed by atoms with E-state index < -0.39 is 0 Å². The van der Waals surface area contributed by atoms with Gasteiger partial charge in [-0.15, -0.1) is 0 Å². The summed E-state index contributed by atoms with van der Waals surface area (Å²) in [4.78, 5) is 17.3. The highest BCUT2D eigenvalue weighted by molar-refractivity contribution is 7.80. The molecule has 0 spiro atoms. The summed E-state index contributed by atoms with van der Waals surface area (Å²) in [6, 6.07) is 20.5. The molecule has 1 amide bonds. The number of nitrogens with one attached hydrogen (secondary N) is 2. The number of phenolic OH excluding ortho intramolecular Hbond substituents is 1. The van der Waals surface area contributed by atoms with E-state index in [0.29, 0.717) is 38.0 Å².